The Morgan fingerprint density at radius 3 is 2.48 bits per heavy atom. The Kier molecular flexibility index (Phi) is 6.43. The molecule has 25 heavy (non-hydrogen) atoms. The summed E-state index contributed by atoms with van der Waals surface area (Å²) in [4.78, 5) is 30.4. The van der Waals surface area contributed by atoms with Crippen LogP contribution in [0.1, 0.15) is 10.6 Å². The van der Waals surface area contributed by atoms with E-state index in [4.69, 9.17) is 9.15 Å². The molecule has 8 nitrogen and oxygen atoms in total. The fraction of sp³-hybridized carbons (Fsp3) is 0.647. The van der Waals surface area contributed by atoms with Crippen molar-refractivity contribution in [1.82, 2.24) is 20.0 Å². The molecule has 0 spiro atoms. The Hall–Kier alpha value is -1.90. The van der Waals surface area contributed by atoms with E-state index in [1.165, 1.54) is 6.26 Å². The van der Waals surface area contributed by atoms with Crippen molar-refractivity contribution in [1.29, 1.82) is 0 Å². The van der Waals surface area contributed by atoms with Crippen LogP contribution in [0.3, 0.4) is 0 Å². The van der Waals surface area contributed by atoms with E-state index in [0.29, 0.717) is 45.0 Å². The lowest BCUT2D eigenvalue weighted by Gasteiger charge is -2.33. The van der Waals surface area contributed by atoms with Crippen molar-refractivity contribution in [2.75, 3.05) is 72.1 Å². The third kappa shape index (κ3) is 5.29. The Morgan fingerprint density at radius 2 is 1.80 bits per heavy atom. The summed E-state index contributed by atoms with van der Waals surface area (Å²) < 4.78 is 10.5. The highest BCUT2D eigenvalue weighted by molar-refractivity contribution is 5.91. The standard InChI is InChI=1S/C17H26N4O4/c22-16(18-3-4-19-9-12-24-13-10-19)14-20-5-7-21(8-6-20)17(23)15-2-1-11-25-15/h1-2,11H,3-10,12-14H2,(H,18,22). The number of nitrogens with zero attached hydrogens (tertiary/aromatic N) is 3. The first kappa shape index (κ1) is 17.9. The summed E-state index contributed by atoms with van der Waals surface area (Å²) in [5.41, 5.74) is 0. The monoisotopic (exact) mass is 350 g/mol. The molecule has 2 fully saturated rings. The van der Waals surface area contributed by atoms with Gasteiger partial charge in [-0.25, -0.2) is 0 Å². The number of morpholine rings is 1. The van der Waals surface area contributed by atoms with Gasteiger partial charge in [0.2, 0.25) is 5.91 Å². The van der Waals surface area contributed by atoms with E-state index in [2.05, 4.69) is 15.1 Å². The number of ether oxygens (including phenoxy) is 1. The predicted octanol–water partition coefficient (Wildman–Crippen LogP) is -0.514. The van der Waals surface area contributed by atoms with Crippen LogP contribution in [0.4, 0.5) is 0 Å². The molecule has 8 heteroatoms. The minimum absolute atomic E-state index is 0.0408. The van der Waals surface area contributed by atoms with Gasteiger partial charge in [-0.05, 0) is 12.1 Å². The normalized spacial score (nSPS) is 19.8. The van der Waals surface area contributed by atoms with E-state index in [9.17, 15) is 9.59 Å². The summed E-state index contributed by atoms with van der Waals surface area (Å²) in [7, 11) is 0. The molecule has 0 aliphatic carbocycles. The van der Waals surface area contributed by atoms with Crippen LogP contribution in [0.25, 0.3) is 0 Å². The second-order valence-corrected chi connectivity index (χ2v) is 6.35. The smallest absolute Gasteiger partial charge is 0.289 e. The van der Waals surface area contributed by atoms with Gasteiger partial charge in [0.25, 0.3) is 5.91 Å². The minimum atomic E-state index is -0.0837. The van der Waals surface area contributed by atoms with Gasteiger partial charge >= 0.3 is 0 Å². The fourth-order valence-corrected chi connectivity index (χ4v) is 3.10. The Morgan fingerprint density at radius 1 is 1.04 bits per heavy atom. The number of furan rings is 1. The molecule has 0 bridgehead atoms. The van der Waals surface area contributed by atoms with E-state index in [0.717, 1.165) is 32.8 Å². The molecule has 1 N–H and O–H groups in total. The largest absolute Gasteiger partial charge is 0.459 e. The van der Waals surface area contributed by atoms with Gasteiger partial charge in [0.15, 0.2) is 5.76 Å². The molecule has 3 rings (SSSR count). The lowest BCUT2D eigenvalue weighted by atomic mass is 10.3. The number of carbonyl (C=O) groups excluding carboxylic acids is 2. The Labute approximate surface area is 147 Å². The number of amides is 2. The van der Waals surface area contributed by atoms with Crippen LogP contribution in [0.5, 0.6) is 0 Å². The molecule has 2 aliphatic heterocycles. The summed E-state index contributed by atoms with van der Waals surface area (Å²) in [6, 6.07) is 3.39. The van der Waals surface area contributed by atoms with Crippen molar-refractivity contribution in [3.63, 3.8) is 0 Å². The SMILES string of the molecule is O=C(CN1CCN(C(=O)c2ccco2)CC1)NCCN1CCOCC1. The van der Waals surface area contributed by atoms with E-state index in [-0.39, 0.29) is 11.8 Å². The van der Waals surface area contributed by atoms with Gasteiger partial charge in [-0.15, -0.1) is 0 Å². The average Bonchev–Trinajstić information content (AvgIpc) is 3.17. The number of nitrogens with one attached hydrogen (secondary N) is 1. The maximum atomic E-state index is 12.2. The van der Waals surface area contributed by atoms with Crippen molar-refractivity contribution < 1.29 is 18.7 Å². The third-order valence-corrected chi connectivity index (χ3v) is 4.61. The van der Waals surface area contributed by atoms with Crippen LogP contribution in [0.15, 0.2) is 22.8 Å². The second-order valence-electron chi connectivity index (χ2n) is 6.35. The van der Waals surface area contributed by atoms with Crippen LogP contribution >= 0.6 is 0 Å². The zero-order valence-corrected chi connectivity index (χ0v) is 14.5. The number of hydrogen-bond donors (Lipinski definition) is 1. The summed E-state index contributed by atoms with van der Waals surface area (Å²) in [5.74, 6) is 0.327. The van der Waals surface area contributed by atoms with E-state index in [1.54, 1.807) is 17.0 Å². The first-order valence-electron chi connectivity index (χ1n) is 8.84. The van der Waals surface area contributed by atoms with Gasteiger partial charge in [0.1, 0.15) is 0 Å². The van der Waals surface area contributed by atoms with Crippen LogP contribution < -0.4 is 5.32 Å². The molecule has 0 radical (unpaired) electrons. The molecule has 0 atom stereocenters. The van der Waals surface area contributed by atoms with Gasteiger partial charge in [-0.3, -0.25) is 19.4 Å². The molecule has 0 unspecified atom stereocenters. The highest BCUT2D eigenvalue weighted by atomic mass is 16.5. The third-order valence-electron chi connectivity index (χ3n) is 4.61. The van der Waals surface area contributed by atoms with Crippen molar-refractivity contribution in [2.24, 2.45) is 0 Å². The van der Waals surface area contributed by atoms with Crippen LogP contribution in [-0.4, -0.2) is 98.6 Å². The van der Waals surface area contributed by atoms with Crippen LogP contribution in [0.2, 0.25) is 0 Å². The lowest BCUT2D eigenvalue weighted by Crippen LogP contribution is -2.51. The Bertz CT molecular complexity index is 549. The van der Waals surface area contributed by atoms with Gasteiger partial charge in [0, 0.05) is 52.4 Å². The zero-order chi connectivity index (χ0) is 17.5. The zero-order valence-electron chi connectivity index (χ0n) is 14.5. The topological polar surface area (TPSA) is 78.3 Å². The summed E-state index contributed by atoms with van der Waals surface area (Å²) in [5, 5.41) is 2.97. The molecular weight excluding hydrogens is 324 g/mol. The molecule has 1 aromatic heterocycles. The van der Waals surface area contributed by atoms with Gasteiger partial charge in [0.05, 0.1) is 26.0 Å². The minimum Gasteiger partial charge on any atom is -0.459 e. The van der Waals surface area contributed by atoms with Crippen molar-refractivity contribution in [3.8, 4) is 0 Å². The maximum absolute atomic E-state index is 12.2. The quantitative estimate of drug-likeness (QED) is 0.744. The van der Waals surface area contributed by atoms with E-state index in [1.807, 2.05) is 0 Å². The molecule has 2 amide bonds. The molecule has 0 aromatic carbocycles. The number of hydrogen-bond acceptors (Lipinski definition) is 6. The highest BCUT2D eigenvalue weighted by Gasteiger charge is 2.24. The molecule has 0 saturated carbocycles. The van der Waals surface area contributed by atoms with Gasteiger partial charge in [-0.2, -0.15) is 0 Å². The van der Waals surface area contributed by atoms with Crippen molar-refractivity contribution in [3.05, 3.63) is 24.2 Å². The summed E-state index contributed by atoms with van der Waals surface area (Å²) in [6.07, 6.45) is 1.50. The summed E-state index contributed by atoms with van der Waals surface area (Å²) >= 11 is 0. The molecule has 2 saturated heterocycles. The maximum Gasteiger partial charge on any atom is 0.289 e. The molecule has 2 aliphatic rings. The Balaban J connectivity index is 1.31. The second kappa shape index (κ2) is 8.98. The number of rotatable bonds is 6. The highest BCUT2D eigenvalue weighted by Crippen LogP contribution is 2.09. The number of carbonyl (C=O) groups is 2. The molecule has 3 heterocycles. The predicted molar refractivity (Wildman–Crippen MR) is 91.3 cm³/mol. The van der Waals surface area contributed by atoms with Crippen LogP contribution in [0, 0.1) is 0 Å². The fourth-order valence-electron chi connectivity index (χ4n) is 3.10. The number of piperazine rings is 1. The van der Waals surface area contributed by atoms with E-state index >= 15 is 0 Å². The first-order chi connectivity index (χ1) is 12.2. The van der Waals surface area contributed by atoms with Gasteiger partial charge in [-0.1, -0.05) is 0 Å². The molecule has 1 aromatic rings. The van der Waals surface area contributed by atoms with E-state index < -0.39 is 0 Å². The van der Waals surface area contributed by atoms with Crippen molar-refractivity contribution >= 4 is 11.8 Å². The molecular formula is C17H26N4O4. The van der Waals surface area contributed by atoms with Gasteiger partial charge < -0.3 is 19.4 Å². The molecule has 138 valence electrons. The van der Waals surface area contributed by atoms with Crippen LogP contribution in [-0.2, 0) is 9.53 Å². The first-order valence-corrected chi connectivity index (χ1v) is 8.84. The average molecular weight is 350 g/mol. The summed E-state index contributed by atoms with van der Waals surface area (Å²) in [6.45, 7) is 7.93. The lowest BCUT2D eigenvalue weighted by molar-refractivity contribution is -0.122. The van der Waals surface area contributed by atoms with Crippen molar-refractivity contribution in [2.45, 2.75) is 0 Å².